The van der Waals surface area contributed by atoms with Crippen LogP contribution in [0, 0.1) is 0 Å². The second-order valence-corrected chi connectivity index (χ2v) is 8.30. The van der Waals surface area contributed by atoms with E-state index >= 15 is 0 Å². The molecule has 0 heterocycles. The van der Waals surface area contributed by atoms with E-state index in [9.17, 15) is 9.59 Å². The molecule has 34 heavy (non-hydrogen) atoms. The van der Waals surface area contributed by atoms with E-state index in [-0.39, 0.29) is 24.3 Å². The van der Waals surface area contributed by atoms with Crippen LogP contribution in [0.2, 0.25) is 0 Å². The van der Waals surface area contributed by atoms with E-state index in [1.165, 1.54) is 0 Å². The van der Waals surface area contributed by atoms with Gasteiger partial charge >= 0.3 is 0 Å². The molecule has 7 heteroatoms. The Kier molecular flexibility index (Phi) is 10.7. The fourth-order valence-electron chi connectivity index (χ4n) is 3.76. The van der Waals surface area contributed by atoms with Gasteiger partial charge in [0.1, 0.15) is 11.8 Å². The summed E-state index contributed by atoms with van der Waals surface area (Å²) in [6, 6.07) is 12.7. The molecule has 0 bridgehead atoms. The van der Waals surface area contributed by atoms with Gasteiger partial charge in [0.05, 0.1) is 21.3 Å². The van der Waals surface area contributed by atoms with Crippen LogP contribution in [0.4, 0.5) is 0 Å². The second kappa shape index (κ2) is 13.5. The summed E-state index contributed by atoms with van der Waals surface area (Å²) in [6.45, 7) is 6.25. The van der Waals surface area contributed by atoms with Gasteiger partial charge in [-0.2, -0.15) is 0 Å². The van der Waals surface area contributed by atoms with Crippen LogP contribution in [-0.2, 0) is 22.6 Å². The van der Waals surface area contributed by atoms with Gasteiger partial charge in [0.2, 0.25) is 11.8 Å². The average Bonchev–Trinajstić information content (AvgIpc) is 2.86. The second-order valence-electron chi connectivity index (χ2n) is 8.30. The Morgan fingerprint density at radius 2 is 1.65 bits per heavy atom. The highest BCUT2D eigenvalue weighted by Crippen LogP contribution is 2.28. The van der Waals surface area contributed by atoms with Crippen molar-refractivity contribution in [3.63, 3.8) is 0 Å². The maximum Gasteiger partial charge on any atom is 0.243 e. The molecule has 2 amide bonds. The van der Waals surface area contributed by atoms with E-state index < -0.39 is 6.04 Å². The predicted octanol–water partition coefficient (Wildman–Crippen LogP) is 4.37. The molecule has 0 aliphatic heterocycles. The van der Waals surface area contributed by atoms with Crippen LogP contribution < -0.4 is 19.5 Å². The van der Waals surface area contributed by atoms with Crippen molar-refractivity contribution >= 4 is 11.8 Å². The van der Waals surface area contributed by atoms with E-state index in [2.05, 4.69) is 5.32 Å². The summed E-state index contributed by atoms with van der Waals surface area (Å²) in [5, 5.41) is 3.04. The minimum atomic E-state index is -0.557. The normalized spacial score (nSPS) is 12.4. The van der Waals surface area contributed by atoms with Crippen molar-refractivity contribution in [3.8, 4) is 17.2 Å². The van der Waals surface area contributed by atoms with Gasteiger partial charge in [-0.15, -0.1) is 0 Å². The number of nitrogens with one attached hydrogen (secondary N) is 1. The summed E-state index contributed by atoms with van der Waals surface area (Å²) >= 11 is 0. The zero-order valence-corrected chi connectivity index (χ0v) is 21.2. The third-order valence-electron chi connectivity index (χ3n) is 5.95. The first-order chi connectivity index (χ1) is 16.4. The van der Waals surface area contributed by atoms with Crippen molar-refractivity contribution in [1.82, 2.24) is 10.2 Å². The summed E-state index contributed by atoms with van der Waals surface area (Å²) in [4.78, 5) is 28.2. The SMILES string of the molecule is CC[C@H](C)NC(=O)[C@H](CC)N(Cc1cccc(OC)c1)C(=O)CCc1ccc(OC)c(OC)c1. The number of carbonyl (C=O) groups is 2. The largest absolute Gasteiger partial charge is 0.497 e. The van der Waals surface area contributed by atoms with E-state index in [1.54, 1.807) is 26.2 Å². The lowest BCUT2D eigenvalue weighted by Crippen LogP contribution is -2.50. The molecule has 0 saturated carbocycles. The highest BCUT2D eigenvalue weighted by atomic mass is 16.5. The van der Waals surface area contributed by atoms with Crippen LogP contribution in [0.1, 0.15) is 51.2 Å². The van der Waals surface area contributed by atoms with Crippen molar-refractivity contribution in [1.29, 1.82) is 0 Å². The molecule has 2 aromatic carbocycles. The number of nitrogens with zero attached hydrogens (tertiary/aromatic N) is 1. The zero-order chi connectivity index (χ0) is 25.1. The predicted molar refractivity (Wildman–Crippen MR) is 133 cm³/mol. The molecule has 0 unspecified atom stereocenters. The van der Waals surface area contributed by atoms with Crippen LogP contribution in [-0.4, -0.2) is 50.1 Å². The lowest BCUT2D eigenvalue weighted by molar-refractivity contribution is -0.141. The molecule has 186 valence electrons. The van der Waals surface area contributed by atoms with E-state index in [0.29, 0.717) is 36.6 Å². The number of hydrogen-bond donors (Lipinski definition) is 1. The Morgan fingerprint density at radius 1 is 0.912 bits per heavy atom. The maximum absolute atomic E-state index is 13.5. The molecular weight excluding hydrogens is 432 g/mol. The fourth-order valence-corrected chi connectivity index (χ4v) is 3.76. The number of amides is 2. The summed E-state index contributed by atoms with van der Waals surface area (Å²) in [6.07, 6.45) is 2.14. The fraction of sp³-hybridized carbons (Fsp3) is 0.481. The van der Waals surface area contributed by atoms with Crippen molar-refractivity contribution in [2.24, 2.45) is 0 Å². The van der Waals surface area contributed by atoms with E-state index in [4.69, 9.17) is 14.2 Å². The van der Waals surface area contributed by atoms with Crippen molar-refractivity contribution < 1.29 is 23.8 Å². The van der Waals surface area contributed by atoms with Gasteiger partial charge in [-0.05, 0) is 61.6 Å². The van der Waals surface area contributed by atoms with Crippen LogP contribution in [0.25, 0.3) is 0 Å². The van der Waals surface area contributed by atoms with Crippen molar-refractivity contribution in [3.05, 3.63) is 53.6 Å². The highest BCUT2D eigenvalue weighted by Gasteiger charge is 2.29. The number of carbonyl (C=O) groups excluding carboxylic acids is 2. The van der Waals surface area contributed by atoms with Crippen molar-refractivity contribution in [2.75, 3.05) is 21.3 Å². The highest BCUT2D eigenvalue weighted by molar-refractivity contribution is 5.88. The third kappa shape index (κ3) is 7.40. The molecule has 1 N–H and O–H groups in total. The standard InChI is InChI=1S/C27H38N2O5/c1-7-19(3)28-27(31)23(8-2)29(18-21-10-9-11-22(16-21)32-4)26(30)15-13-20-12-14-24(33-5)25(17-20)34-6/h9-12,14,16-17,19,23H,7-8,13,15,18H2,1-6H3,(H,28,31)/t19-,23-/m0/s1. The molecule has 2 rings (SSSR count). The lowest BCUT2D eigenvalue weighted by atomic mass is 10.0. The van der Waals surface area contributed by atoms with Gasteiger partial charge < -0.3 is 24.4 Å². The van der Waals surface area contributed by atoms with Gasteiger partial charge in [0.25, 0.3) is 0 Å². The molecule has 7 nitrogen and oxygen atoms in total. The minimum absolute atomic E-state index is 0.0436. The number of rotatable bonds is 13. The van der Waals surface area contributed by atoms with Crippen LogP contribution in [0.15, 0.2) is 42.5 Å². The first kappa shape index (κ1) is 27.0. The summed E-state index contributed by atoms with van der Waals surface area (Å²) < 4.78 is 16.0. The third-order valence-corrected chi connectivity index (χ3v) is 5.95. The molecule has 0 aromatic heterocycles. The van der Waals surface area contributed by atoms with Crippen LogP contribution in [0.5, 0.6) is 17.2 Å². The number of benzene rings is 2. The average molecular weight is 471 g/mol. The smallest absolute Gasteiger partial charge is 0.243 e. The van der Waals surface area contributed by atoms with Crippen molar-refractivity contribution in [2.45, 2.75) is 65.1 Å². The van der Waals surface area contributed by atoms with Gasteiger partial charge in [0, 0.05) is 19.0 Å². The van der Waals surface area contributed by atoms with E-state index in [1.807, 2.05) is 63.2 Å². The van der Waals surface area contributed by atoms with Gasteiger partial charge in [-0.1, -0.05) is 32.0 Å². The molecular formula is C27H38N2O5. The molecule has 0 aliphatic rings. The monoisotopic (exact) mass is 470 g/mol. The minimum Gasteiger partial charge on any atom is -0.497 e. The number of ether oxygens (including phenoxy) is 3. The lowest BCUT2D eigenvalue weighted by Gasteiger charge is -2.31. The topological polar surface area (TPSA) is 77.1 Å². The zero-order valence-electron chi connectivity index (χ0n) is 21.2. The van der Waals surface area contributed by atoms with Crippen LogP contribution in [0.3, 0.4) is 0 Å². The summed E-state index contributed by atoms with van der Waals surface area (Å²) in [5.74, 6) is 1.78. The molecule has 2 atom stereocenters. The Bertz CT molecular complexity index is 946. The van der Waals surface area contributed by atoms with Gasteiger partial charge in [-0.3, -0.25) is 9.59 Å². The Morgan fingerprint density at radius 3 is 2.26 bits per heavy atom. The number of methoxy groups -OCH3 is 3. The molecule has 0 spiro atoms. The Labute approximate surface area is 203 Å². The van der Waals surface area contributed by atoms with E-state index in [0.717, 1.165) is 17.5 Å². The molecule has 0 saturated heterocycles. The number of aryl methyl sites for hydroxylation is 1. The Balaban J connectivity index is 2.25. The van der Waals surface area contributed by atoms with Gasteiger partial charge in [-0.25, -0.2) is 0 Å². The summed E-state index contributed by atoms with van der Waals surface area (Å²) in [5.41, 5.74) is 1.87. The molecule has 0 radical (unpaired) electrons. The molecule has 0 aliphatic carbocycles. The first-order valence-corrected chi connectivity index (χ1v) is 11.8. The quantitative estimate of drug-likeness (QED) is 0.471. The van der Waals surface area contributed by atoms with Gasteiger partial charge in [0.15, 0.2) is 11.5 Å². The number of hydrogen-bond acceptors (Lipinski definition) is 5. The molecule has 2 aromatic rings. The first-order valence-electron chi connectivity index (χ1n) is 11.8. The maximum atomic E-state index is 13.5. The summed E-state index contributed by atoms with van der Waals surface area (Å²) in [7, 11) is 4.79. The Hall–Kier alpha value is -3.22. The van der Waals surface area contributed by atoms with Crippen LogP contribution >= 0.6 is 0 Å². The molecule has 0 fully saturated rings.